The van der Waals surface area contributed by atoms with Crippen LogP contribution in [0, 0.1) is 11.3 Å². The molecule has 0 rings (SSSR count). The van der Waals surface area contributed by atoms with Gasteiger partial charge in [-0.1, -0.05) is 20.4 Å². The van der Waals surface area contributed by atoms with Crippen molar-refractivity contribution >= 4 is 35.7 Å². The lowest BCUT2D eigenvalue weighted by Crippen LogP contribution is -2.54. The number of nitrogens with one attached hydrogen (secondary N) is 4. The quantitative estimate of drug-likeness (QED) is 0.193. The van der Waals surface area contributed by atoms with E-state index in [0.29, 0.717) is 12.6 Å². The molecular weight excluding hydrogens is 380 g/mol. The summed E-state index contributed by atoms with van der Waals surface area (Å²) in [5.41, 5.74) is -0.310. The summed E-state index contributed by atoms with van der Waals surface area (Å²) in [5.74, 6) is -3.02. The number of carbonyl (C=O) groups is 5. The zero-order chi connectivity index (χ0) is 22.6. The van der Waals surface area contributed by atoms with E-state index in [4.69, 9.17) is 10.1 Å². The summed E-state index contributed by atoms with van der Waals surface area (Å²) >= 11 is 0. The summed E-state index contributed by atoms with van der Waals surface area (Å²) in [6.07, 6.45) is 0.695. The van der Waals surface area contributed by atoms with Gasteiger partial charge in [0.15, 0.2) is 5.78 Å². The highest BCUT2D eigenvalue weighted by Gasteiger charge is 2.28. The molecule has 162 valence electrons. The van der Waals surface area contributed by atoms with Gasteiger partial charge in [-0.25, -0.2) is 4.79 Å². The molecule has 0 aliphatic carbocycles. The Morgan fingerprint density at radius 1 is 1.07 bits per heavy atom. The van der Waals surface area contributed by atoms with Gasteiger partial charge in [-0.3, -0.25) is 19.2 Å². The SMILES string of the molecule is C=C(NC(=O)[C@H](CCC(=O)C=N)NC(=O)[C@H](CC(C)C)NC(C)=O)C(=O)OCC. The number of ketones is 1. The summed E-state index contributed by atoms with van der Waals surface area (Å²) in [5, 5.41) is 14.2. The Kier molecular flexibility index (Phi) is 11.8. The van der Waals surface area contributed by atoms with Crippen molar-refractivity contribution in [3.63, 3.8) is 0 Å². The van der Waals surface area contributed by atoms with E-state index in [1.807, 2.05) is 13.8 Å². The van der Waals surface area contributed by atoms with Crippen molar-refractivity contribution in [3.05, 3.63) is 12.3 Å². The first kappa shape index (κ1) is 26.0. The molecule has 0 saturated carbocycles. The summed E-state index contributed by atoms with van der Waals surface area (Å²) in [4.78, 5) is 59.6. The van der Waals surface area contributed by atoms with E-state index in [2.05, 4.69) is 22.5 Å². The molecule has 2 atom stereocenters. The molecule has 0 saturated heterocycles. The Labute approximate surface area is 170 Å². The van der Waals surface area contributed by atoms with Gasteiger partial charge in [0, 0.05) is 13.3 Å². The normalized spacial score (nSPS) is 12.3. The first-order valence-corrected chi connectivity index (χ1v) is 9.29. The van der Waals surface area contributed by atoms with E-state index >= 15 is 0 Å². The largest absolute Gasteiger partial charge is 0.461 e. The molecule has 0 aliphatic heterocycles. The molecule has 29 heavy (non-hydrogen) atoms. The second kappa shape index (κ2) is 13.2. The maximum Gasteiger partial charge on any atom is 0.354 e. The van der Waals surface area contributed by atoms with Crippen molar-refractivity contribution in [2.24, 2.45) is 5.92 Å². The molecular formula is C19H30N4O6. The second-order valence-corrected chi connectivity index (χ2v) is 6.78. The minimum absolute atomic E-state index is 0.0907. The fraction of sp³-hybridized carbons (Fsp3) is 0.579. The Hall–Kier alpha value is -3.04. The molecule has 0 spiro atoms. The van der Waals surface area contributed by atoms with Crippen molar-refractivity contribution in [1.82, 2.24) is 16.0 Å². The third-order valence-corrected chi connectivity index (χ3v) is 3.67. The lowest BCUT2D eigenvalue weighted by molar-refractivity contribution is -0.140. The molecule has 0 aliphatic rings. The van der Waals surface area contributed by atoms with Crippen molar-refractivity contribution in [1.29, 1.82) is 5.41 Å². The Morgan fingerprint density at radius 2 is 1.69 bits per heavy atom. The molecule has 0 aromatic carbocycles. The zero-order valence-electron chi connectivity index (χ0n) is 17.3. The summed E-state index contributed by atoms with van der Waals surface area (Å²) in [6.45, 7) is 10.1. The van der Waals surface area contributed by atoms with Crippen LogP contribution in [-0.4, -0.2) is 54.4 Å². The molecule has 0 bridgehead atoms. The highest BCUT2D eigenvalue weighted by molar-refractivity contribution is 6.26. The highest BCUT2D eigenvalue weighted by Crippen LogP contribution is 2.07. The molecule has 10 heteroatoms. The van der Waals surface area contributed by atoms with Crippen LogP contribution in [0.5, 0.6) is 0 Å². The van der Waals surface area contributed by atoms with Crippen LogP contribution in [0.3, 0.4) is 0 Å². The van der Waals surface area contributed by atoms with Crippen molar-refractivity contribution in [3.8, 4) is 0 Å². The number of amides is 3. The van der Waals surface area contributed by atoms with Gasteiger partial charge in [0.25, 0.3) is 0 Å². The Bertz CT molecular complexity index is 659. The monoisotopic (exact) mass is 410 g/mol. The van der Waals surface area contributed by atoms with Gasteiger partial charge in [-0.05, 0) is 25.7 Å². The summed E-state index contributed by atoms with van der Waals surface area (Å²) in [6, 6.07) is -2.05. The predicted molar refractivity (Wildman–Crippen MR) is 106 cm³/mol. The van der Waals surface area contributed by atoms with Crippen LogP contribution in [0.1, 0.15) is 47.0 Å². The van der Waals surface area contributed by atoms with Crippen LogP contribution < -0.4 is 16.0 Å². The van der Waals surface area contributed by atoms with E-state index in [0.717, 1.165) is 0 Å². The minimum atomic E-state index is -1.18. The molecule has 0 aromatic heterocycles. The molecule has 0 fully saturated rings. The molecule has 4 N–H and O–H groups in total. The van der Waals surface area contributed by atoms with Crippen LogP contribution >= 0.6 is 0 Å². The van der Waals surface area contributed by atoms with Crippen molar-refractivity contribution < 1.29 is 28.7 Å². The number of esters is 1. The number of carbonyl (C=O) groups excluding carboxylic acids is 5. The number of hydrogen-bond donors (Lipinski definition) is 4. The summed E-state index contributed by atoms with van der Waals surface area (Å²) < 4.78 is 4.73. The zero-order valence-corrected chi connectivity index (χ0v) is 17.3. The fourth-order valence-electron chi connectivity index (χ4n) is 2.35. The smallest absolute Gasteiger partial charge is 0.354 e. The topological polar surface area (TPSA) is 155 Å². The average molecular weight is 410 g/mol. The van der Waals surface area contributed by atoms with Crippen LogP contribution in [0.2, 0.25) is 0 Å². The molecule has 0 aromatic rings. The van der Waals surface area contributed by atoms with E-state index < -0.39 is 41.6 Å². The number of rotatable bonds is 13. The standard InChI is InChI=1S/C19H30N4O6/c1-6-29-19(28)12(4)21-17(26)15(8-7-14(25)10-20)23-18(27)16(9-11(2)3)22-13(5)24/h10-11,15-16,20H,4,6-9H2,1-3,5H3,(H,21,26)(H,22,24)(H,23,27)/t15-,16-/m0/s1. The Morgan fingerprint density at radius 3 is 2.17 bits per heavy atom. The molecule has 10 nitrogen and oxygen atoms in total. The van der Waals surface area contributed by atoms with Crippen molar-refractivity contribution in [2.75, 3.05) is 6.61 Å². The fourth-order valence-corrected chi connectivity index (χ4v) is 2.35. The van der Waals surface area contributed by atoms with E-state index in [1.54, 1.807) is 6.92 Å². The molecule has 0 heterocycles. The van der Waals surface area contributed by atoms with Gasteiger partial charge < -0.3 is 26.1 Å². The number of hydrogen-bond acceptors (Lipinski definition) is 7. The van der Waals surface area contributed by atoms with Crippen LogP contribution in [0.15, 0.2) is 12.3 Å². The number of Topliss-reactive ketones (excluding diaryl/α,β-unsaturated/α-hetero) is 1. The van der Waals surface area contributed by atoms with Crippen LogP contribution in [0.25, 0.3) is 0 Å². The van der Waals surface area contributed by atoms with Gasteiger partial charge >= 0.3 is 5.97 Å². The minimum Gasteiger partial charge on any atom is -0.461 e. The average Bonchev–Trinajstić information content (AvgIpc) is 2.63. The first-order valence-electron chi connectivity index (χ1n) is 9.29. The first-order chi connectivity index (χ1) is 13.5. The van der Waals surface area contributed by atoms with Gasteiger partial charge in [0.1, 0.15) is 17.8 Å². The third kappa shape index (κ3) is 10.8. The third-order valence-electron chi connectivity index (χ3n) is 3.67. The lowest BCUT2D eigenvalue weighted by Gasteiger charge is -2.23. The molecule has 0 unspecified atom stereocenters. The summed E-state index contributed by atoms with van der Waals surface area (Å²) in [7, 11) is 0. The molecule has 3 amide bonds. The molecule has 0 radical (unpaired) electrons. The lowest BCUT2D eigenvalue weighted by atomic mass is 10.0. The highest BCUT2D eigenvalue weighted by atomic mass is 16.5. The predicted octanol–water partition coefficient (Wildman–Crippen LogP) is 0.214. The van der Waals surface area contributed by atoms with Gasteiger partial charge in [0.05, 0.1) is 12.8 Å². The van der Waals surface area contributed by atoms with Gasteiger partial charge in [-0.15, -0.1) is 0 Å². The van der Waals surface area contributed by atoms with E-state index in [-0.39, 0.29) is 31.1 Å². The number of ether oxygens (including phenoxy) is 1. The van der Waals surface area contributed by atoms with Crippen molar-refractivity contribution in [2.45, 2.75) is 59.0 Å². The Balaban J connectivity index is 5.33. The van der Waals surface area contributed by atoms with E-state index in [9.17, 15) is 24.0 Å². The van der Waals surface area contributed by atoms with E-state index in [1.165, 1.54) is 6.92 Å². The second-order valence-electron chi connectivity index (χ2n) is 6.78. The maximum atomic E-state index is 12.6. The van der Waals surface area contributed by atoms with Crippen LogP contribution in [-0.2, 0) is 28.7 Å². The maximum absolute atomic E-state index is 12.6. The van der Waals surface area contributed by atoms with Gasteiger partial charge in [0.2, 0.25) is 17.7 Å². The van der Waals surface area contributed by atoms with Crippen LogP contribution in [0.4, 0.5) is 0 Å². The van der Waals surface area contributed by atoms with Gasteiger partial charge in [-0.2, -0.15) is 0 Å².